The maximum atomic E-state index is 5.36. The predicted octanol–water partition coefficient (Wildman–Crippen LogP) is 2.89. The van der Waals surface area contributed by atoms with Gasteiger partial charge in [0.2, 0.25) is 0 Å². The molecule has 94 valence electrons. The molecule has 0 radical (unpaired) electrons. The summed E-state index contributed by atoms with van der Waals surface area (Å²) in [5.41, 5.74) is 5.88. The molecule has 4 N–H and O–H groups in total. The Labute approximate surface area is 114 Å². The molecule has 0 bridgehead atoms. The van der Waals surface area contributed by atoms with Crippen LogP contribution in [0.5, 0.6) is 0 Å². The number of nitrogens with two attached hydrogens (primary N) is 1. The third-order valence-electron chi connectivity index (χ3n) is 2.41. The highest BCUT2D eigenvalue weighted by atomic mass is 79.9. The highest BCUT2D eigenvalue weighted by Gasteiger charge is 2.08. The van der Waals surface area contributed by atoms with Gasteiger partial charge in [-0.25, -0.2) is 15.8 Å². The number of hydrogen-bond acceptors (Lipinski definition) is 5. The number of anilines is 3. The SMILES string of the molecule is Cc1cc(C)cc(Nc2ncnc(NN)c2Br)c1. The number of hydrazine groups is 1. The highest BCUT2D eigenvalue weighted by Crippen LogP contribution is 2.28. The molecule has 1 aromatic heterocycles. The van der Waals surface area contributed by atoms with E-state index in [-0.39, 0.29) is 0 Å². The predicted molar refractivity (Wildman–Crippen MR) is 76.7 cm³/mol. The van der Waals surface area contributed by atoms with Crippen molar-refractivity contribution >= 4 is 33.3 Å². The standard InChI is InChI=1S/C12H14BrN5/c1-7-3-8(2)5-9(4-7)17-11-10(13)12(18-14)16-6-15-11/h3-6H,14H2,1-2H3,(H2,15,16,17,18). The highest BCUT2D eigenvalue weighted by molar-refractivity contribution is 9.10. The van der Waals surface area contributed by atoms with Crippen molar-refractivity contribution in [2.24, 2.45) is 5.84 Å². The summed E-state index contributed by atoms with van der Waals surface area (Å²) in [7, 11) is 0. The van der Waals surface area contributed by atoms with E-state index in [1.165, 1.54) is 17.5 Å². The van der Waals surface area contributed by atoms with Gasteiger partial charge in [-0.05, 0) is 53.0 Å². The molecule has 2 rings (SSSR count). The van der Waals surface area contributed by atoms with E-state index in [0.717, 1.165) is 5.69 Å². The molecule has 0 aliphatic heterocycles. The average Bonchev–Trinajstić information content (AvgIpc) is 2.30. The molecule has 0 aliphatic carbocycles. The van der Waals surface area contributed by atoms with Crippen LogP contribution in [-0.2, 0) is 0 Å². The van der Waals surface area contributed by atoms with E-state index in [2.05, 4.69) is 68.7 Å². The summed E-state index contributed by atoms with van der Waals surface area (Å²) in [5.74, 6) is 6.57. The van der Waals surface area contributed by atoms with Crippen molar-refractivity contribution in [2.45, 2.75) is 13.8 Å². The maximum absolute atomic E-state index is 5.36. The summed E-state index contributed by atoms with van der Waals surface area (Å²) in [4.78, 5) is 8.18. The Morgan fingerprint density at radius 2 is 1.67 bits per heavy atom. The number of benzene rings is 1. The quantitative estimate of drug-likeness (QED) is 0.600. The maximum Gasteiger partial charge on any atom is 0.159 e. The Balaban J connectivity index is 2.34. The fourth-order valence-corrected chi connectivity index (χ4v) is 2.16. The molecule has 0 saturated heterocycles. The number of rotatable bonds is 3. The van der Waals surface area contributed by atoms with Gasteiger partial charge in [0, 0.05) is 5.69 Å². The number of aryl methyl sites for hydroxylation is 2. The summed E-state index contributed by atoms with van der Waals surface area (Å²) >= 11 is 3.41. The van der Waals surface area contributed by atoms with Crippen molar-refractivity contribution in [1.82, 2.24) is 9.97 Å². The molecule has 0 aliphatic rings. The zero-order chi connectivity index (χ0) is 13.1. The van der Waals surface area contributed by atoms with Crippen LogP contribution in [0.3, 0.4) is 0 Å². The Kier molecular flexibility index (Phi) is 3.78. The van der Waals surface area contributed by atoms with Gasteiger partial charge in [0.25, 0.3) is 0 Å². The van der Waals surface area contributed by atoms with Gasteiger partial charge in [-0.2, -0.15) is 0 Å². The smallest absolute Gasteiger partial charge is 0.159 e. The third-order valence-corrected chi connectivity index (χ3v) is 3.16. The summed E-state index contributed by atoms with van der Waals surface area (Å²) in [6.07, 6.45) is 1.45. The summed E-state index contributed by atoms with van der Waals surface area (Å²) in [6.45, 7) is 4.11. The van der Waals surface area contributed by atoms with Crippen LogP contribution in [0.25, 0.3) is 0 Å². The number of nitrogens with one attached hydrogen (secondary N) is 2. The van der Waals surface area contributed by atoms with Gasteiger partial charge in [0.05, 0.1) is 0 Å². The molecule has 0 unspecified atom stereocenters. The van der Waals surface area contributed by atoms with Crippen molar-refractivity contribution in [2.75, 3.05) is 10.7 Å². The van der Waals surface area contributed by atoms with Crippen LogP contribution in [0, 0.1) is 13.8 Å². The number of hydrogen-bond donors (Lipinski definition) is 3. The van der Waals surface area contributed by atoms with Crippen LogP contribution in [0.15, 0.2) is 29.0 Å². The molecule has 0 amide bonds. The molecule has 0 atom stereocenters. The Morgan fingerprint density at radius 1 is 1.06 bits per heavy atom. The second-order valence-corrected chi connectivity index (χ2v) is 4.82. The van der Waals surface area contributed by atoms with Crippen molar-refractivity contribution in [3.63, 3.8) is 0 Å². The van der Waals surface area contributed by atoms with Crippen LogP contribution < -0.4 is 16.6 Å². The first kappa shape index (κ1) is 12.8. The van der Waals surface area contributed by atoms with Gasteiger partial charge in [-0.15, -0.1) is 0 Å². The van der Waals surface area contributed by atoms with E-state index in [9.17, 15) is 0 Å². The first-order chi connectivity index (χ1) is 8.60. The largest absolute Gasteiger partial charge is 0.339 e. The lowest BCUT2D eigenvalue weighted by Gasteiger charge is -2.11. The van der Waals surface area contributed by atoms with Crippen LogP contribution in [0.1, 0.15) is 11.1 Å². The third kappa shape index (κ3) is 2.77. The van der Waals surface area contributed by atoms with Gasteiger partial charge in [0.1, 0.15) is 16.6 Å². The van der Waals surface area contributed by atoms with Crippen LogP contribution in [0.4, 0.5) is 17.3 Å². The van der Waals surface area contributed by atoms with Crippen molar-refractivity contribution in [3.8, 4) is 0 Å². The monoisotopic (exact) mass is 307 g/mol. The summed E-state index contributed by atoms with van der Waals surface area (Å²) in [5, 5.41) is 3.24. The molecule has 18 heavy (non-hydrogen) atoms. The molecular weight excluding hydrogens is 294 g/mol. The molecule has 0 saturated carbocycles. The zero-order valence-electron chi connectivity index (χ0n) is 10.2. The fourth-order valence-electron chi connectivity index (χ4n) is 1.74. The Hall–Kier alpha value is -1.66. The van der Waals surface area contributed by atoms with Crippen LogP contribution >= 0.6 is 15.9 Å². The number of nitrogens with zero attached hydrogens (tertiary/aromatic N) is 2. The fraction of sp³-hybridized carbons (Fsp3) is 0.167. The number of halogens is 1. The number of aromatic nitrogens is 2. The van der Waals surface area contributed by atoms with Crippen molar-refractivity contribution in [3.05, 3.63) is 40.1 Å². The van der Waals surface area contributed by atoms with Gasteiger partial charge >= 0.3 is 0 Å². The molecule has 5 nitrogen and oxygen atoms in total. The molecule has 1 aromatic carbocycles. The molecule has 0 spiro atoms. The topological polar surface area (TPSA) is 75.9 Å². The Bertz CT molecular complexity index is 550. The van der Waals surface area contributed by atoms with E-state index in [1.54, 1.807) is 0 Å². The van der Waals surface area contributed by atoms with Crippen molar-refractivity contribution < 1.29 is 0 Å². The van der Waals surface area contributed by atoms with Gasteiger partial charge in [-0.1, -0.05) is 6.07 Å². The van der Waals surface area contributed by atoms with E-state index in [1.807, 2.05) is 0 Å². The van der Waals surface area contributed by atoms with Gasteiger partial charge < -0.3 is 10.7 Å². The minimum Gasteiger partial charge on any atom is -0.339 e. The second kappa shape index (κ2) is 5.32. The normalized spacial score (nSPS) is 10.2. The first-order valence-corrected chi connectivity index (χ1v) is 6.22. The van der Waals surface area contributed by atoms with E-state index in [0.29, 0.717) is 16.1 Å². The summed E-state index contributed by atoms with van der Waals surface area (Å²) < 4.78 is 0.701. The minimum atomic E-state index is 0.539. The van der Waals surface area contributed by atoms with Gasteiger partial charge in [0.15, 0.2) is 5.82 Å². The van der Waals surface area contributed by atoms with E-state index in [4.69, 9.17) is 5.84 Å². The van der Waals surface area contributed by atoms with Crippen LogP contribution in [0.2, 0.25) is 0 Å². The molecule has 1 heterocycles. The molecule has 2 aromatic rings. The molecule has 6 heteroatoms. The summed E-state index contributed by atoms with van der Waals surface area (Å²) in [6, 6.07) is 6.22. The second-order valence-electron chi connectivity index (χ2n) is 4.03. The van der Waals surface area contributed by atoms with Crippen LogP contribution in [-0.4, -0.2) is 9.97 Å². The van der Waals surface area contributed by atoms with E-state index < -0.39 is 0 Å². The number of nitrogen functional groups attached to an aromatic ring is 1. The molecule has 0 fully saturated rings. The van der Waals surface area contributed by atoms with Gasteiger partial charge in [-0.3, -0.25) is 0 Å². The van der Waals surface area contributed by atoms with E-state index >= 15 is 0 Å². The Morgan fingerprint density at radius 3 is 2.28 bits per heavy atom. The zero-order valence-corrected chi connectivity index (χ0v) is 11.7. The van der Waals surface area contributed by atoms with Crippen molar-refractivity contribution in [1.29, 1.82) is 0 Å². The molecular formula is C12H14BrN5. The first-order valence-electron chi connectivity index (χ1n) is 5.42. The average molecular weight is 308 g/mol. The lowest BCUT2D eigenvalue weighted by molar-refractivity contribution is 1.12. The lowest BCUT2D eigenvalue weighted by atomic mass is 10.1. The lowest BCUT2D eigenvalue weighted by Crippen LogP contribution is -2.10. The minimum absolute atomic E-state index is 0.539.